The molecule has 1 aliphatic carbocycles. The Kier molecular flexibility index (Phi) is 2.90. The van der Waals surface area contributed by atoms with E-state index in [-0.39, 0.29) is 6.04 Å². The first-order valence-electron chi connectivity index (χ1n) is 3.99. The molecule has 1 rings (SSSR count). The second-order valence-corrected chi connectivity index (χ2v) is 2.87. The maximum atomic E-state index is 5.75. The van der Waals surface area contributed by atoms with Gasteiger partial charge in [-0.3, -0.25) is 0 Å². The van der Waals surface area contributed by atoms with E-state index in [1.54, 1.807) is 0 Å². The van der Waals surface area contributed by atoms with Crippen LogP contribution < -0.4 is 11.5 Å². The number of rotatable bonds is 2. The minimum Gasteiger partial charge on any atom is -0.329 e. The fourth-order valence-corrected chi connectivity index (χ4v) is 1.35. The van der Waals surface area contributed by atoms with Gasteiger partial charge in [0.1, 0.15) is 0 Å². The lowest BCUT2D eigenvalue weighted by molar-refractivity contribution is 0.636. The first-order valence-corrected chi connectivity index (χ1v) is 3.99. The molecule has 0 aliphatic heterocycles. The van der Waals surface area contributed by atoms with Crippen LogP contribution in [0.15, 0.2) is 11.6 Å². The third-order valence-electron chi connectivity index (χ3n) is 2.06. The predicted octanol–water partition coefficient (Wildman–Crippen LogP) is 0.773. The maximum Gasteiger partial charge on any atom is 0.0378 e. The summed E-state index contributed by atoms with van der Waals surface area (Å²) < 4.78 is 0. The smallest absolute Gasteiger partial charge is 0.0378 e. The Morgan fingerprint density at radius 3 is 2.80 bits per heavy atom. The molecule has 0 bridgehead atoms. The van der Waals surface area contributed by atoms with E-state index < -0.39 is 0 Å². The molecule has 0 spiro atoms. The van der Waals surface area contributed by atoms with Crippen LogP contribution in [0.5, 0.6) is 0 Å². The summed E-state index contributed by atoms with van der Waals surface area (Å²) in [7, 11) is 0. The lowest BCUT2D eigenvalue weighted by atomic mass is 9.94. The van der Waals surface area contributed by atoms with Crippen LogP contribution in [0.1, 0.15) is 25.7 Å². The van der Waals surface area contributed by atoms with Crippen molar-refractivity contribution in [2.24, 2.45) is 11.5 Å². The van der Waals surface area contributed by atoms with Gasteiger partial charge in [0.05, 0.1) is 0 Å². The van der Waals surface area contributed by atoms with Crippen molar-refractivity contribution in [3.63, 3.8) is 0 Å². The molecule has 0 saturated carbocycles. The summed E-state index contributed by atoms with van der Waals surface area (Å²) in [5.41, 5.74) is 12.6. The van der Waals surface area contributed by atoms with Crippen LogP contribution in [0.4, 0.5) is 0 Å². The lowest BCUT2D eigenvalue weighted by Gasteiger charge is -2.17. The molecule has 0 saturated heterocycles. The monoisotopic (exact) mass is 140 g/mol. The summed E-state index contributed by atoms with van der Waals surface area (Å²) in [5, 5.41) is 0. The molecule has 2 heteroatoms. The second kappa shape index (κ2) is 3.74. The number of hydrogen-bond donors (Lipinski definition) is 2. The van der Waals surface area contributed by atoms with E-state index in [4.69, 9.17) is 11.5 Å². The summed E-state index contributed by atoms with van der Waals surface area (Å²) in [6, 6.07) is 0.125. The molecule has 58 valence electrons. The summed E-state index contributed by atoms with van der Waals surface area (Å²) in [6.45, 7) is 0.589. The molecule has 1 unspecified atom stereocenters. The molecule has 0 amide bonds. The van der Waals surface area contributed by atoms with Crippen molar-refractivity contribution in [1.29, 1.82) is 0 Å². The highest BCUT2D eigenvalue weighted by molar-refractivity contribution is 5.12. The average Bonchev–Trinajstić information content (AvgIpc) is 2.05. The Morgan fingerprint density at radius 1 is 1.50 bits per heavy atom. The molecule has 0 radical (unpaired) electrons. The van der Waals surface area contributed by atoms with Crippen molar-refractivity contribution < 1.29 is 0 Å². The van der Waals surface area contributed by atoms with Gasteiger partial charge >= 0.3 is 0 Å². The Morgan fingerprint density at radius 2 is 2.30 bits per heavy atom. The zero-order chi connectivity index (χ0) is 7.40. The lowest BCUT2D eigenvalue weighted by Crippen LogP contribution is -2.32. The second-order valence-electron chi connectivity index (χ2n) is 2.87. The van der Waals surface area contributed by atoms with Crippen molar-refractivity contribution in [1.82, 2.24) is 0 Å². The SMILES string of the molecule is NCC(N)C1=CCCCC1. The summed E-state index contributed by atoms with van der Waals surface area (Å²) in [5.74, 6) is 0. The van der Waals surface area contributed by atoms with E-state index in [0.717, 1.165) is 0 Å². The van der Waals surface area contributed by atoms with Crippen LogP contribution in [0.25, 0.3) is 0 Å². The third kappa shape index (κ3) is 1.82. The average molecular weight is 140 g/mol. The molecule has 10 heavy (non-hydrogen) atoms. The molecule has 0 aromatic heterocycles. The van der Waals surface area contributed by atoms with Gasteiger partial charge in [-0.2, -0.15) is 0 Å². The normalized spacial score (nSPS) is 22.0. The van der Waals surface area contributed by atoms with Crippen molar-refractivity contribution >= 4 is 0 Å². The van der Waals surface area contributed by atoms with Crippen molar-refractivity contribution in [3.05, 3.63) is 11.6 Å². The molecule has 1 atom stereocenters. The van der Waals surface area contributed by atoms with E-state index in [1.165, 1.54) is 31.3 Å². The molecule has 0 aromatic rings. The number of hydrogen-bond acceptors (Lipinski definition) is 2. The van der Waals surface area contributed by atoms with Gasteiger partial charge in [-0.1, -0.05) is 11.6 Å². The zero-order valence-corrected chi connectivity index (χ0v) is 6.34. The molecular formula is C8H16N2. The van der Waals surface area contributed by atoms with Crippen LogP contribution in [-0.4, -0.2) is 12.6 Å². The van der Waals surface area contributed by atoms with Crippen LogP contribution in [0, 0.1) is 0 Å². The first kappa shape index (κ1) is 7.76. The van der Waals surface area contributed by atoms with Crippen LogP contribution in [-0.2, 0) is 0 Å². The van der Waals surface area contributed by atoms with Crippen LogP contribution in [0.3, 0.4) is 0 Å². The zero-order valence-electron chi connectivity index (χ0n) is 6.34. The highest BCUT2D eigenvalue weighted by atomic mass is 14.7. The Bertz CT molecular complexity index is 129. The maximum absolute atomic E-state index is 5.75. The minimum atomic E-state index is 0.125. The molecular weight excluding hydrogens is 124 g/mol. The summed E-state index contributed by atoms with van der Waals surface area (Å²) in [4.78, 5) is 0. The van der Waals surface area contributed by atoms with Gasteiger partial charge in [0, 0.05) is 12.6 Å². The molecule has 0 heterocycles. The van der Waals surface area contributed by atoms with Crippen molar-refractivity contribution in [3.8, 4) is 0 Å². The number of nitrogens with two attached hydrogens (primary N) is 2. The van der Waals surface area contributed by atoms with Gasteiger partial charge < -0.3 is 11.5 Å². The number of allylic oxidation sites excluding steroid dienone is 1. The van der Waals surface area contributed by atoms with E-state index in [1.807, 2.05) is 0 Å². The van der Waals surface area contributed by atoms with Gasteiger partial charge in [0.15, 0.2) is 0 Å². The third-order valence-corrected chi connectivity index (χ3v) is 2.06. The van der Waals surface area contributed by atoms with E-state index >= 15 is 0 Å². The largest absolute Gasteiger partial charge is 0.329 e. The summed E-state index contributed by atoms with van der Waals surface area (Å²) >= 11 is 0. The standard InChI is InChI=1S/C8H16N2/c9-6-8(10)7-4-2-1-3-5-7/h4,8H,1-3,5-6,9-10H2. The predicted molar refractivity (Wildman–Crippen MR) is 43.6 cm³/mol. The fourth-order valence-electron chi connectivity index (χ4n) is 1.35. The highest BCUT2D eigenvalue weighted by Gasteiger charge is 2.09. The first-order chi connectivity index (χ1) is 4.84. The summed E-state index contributed by atoms with van der Waals surface area (Å²) in [6.07, 6.45) is 7.22. The van der Waals surface area contributed by atoms with Crippen molar-refractivity contribution in [2.45, 2.75) is 31.7 Å². The Balaban J connectivity index is 2.44. The van der Waals surface area contributed by atoms with Gasteiger partial charge in [-0.05, 0) is 25.7 Å². The van der Waals surface area contributed by atoms with E-state index in [0.29, 0.717) is 6.54 Å². The highest BCUT2D eigenvalue weighted by Crippen LogP contribution is 2.18. The van der Waals surface area contributed by atoms with Gasteiger partial charge in [0.25, 0.3) is 0 Å². The molecule has 0 fully saturated rings. The van der Waals surface area contributed by atoms with Crippen LogP contribution in [0.2, 0.25) is 0 Å². The van der Waals surface area contributed by atoms with Gasteiger partial charge in [-0.25, -0.2) is 0 Å². The molecule has 0 aromatic carbocycles. The Hall–Kier alpha value is -0.340. The van der Waals surface area contributed by atoms with Crippen LogP contribution >= 0.6 is 0 Å². The topological polar surface area (TPSA) is 52.0 Å². The quantitative estimate of drug-likeness (QED) is 0.557. The van der Waals surface area contributed by atoms with E-state index in [9.17, 15) is 0 Å². The van der Waals surface area contributed by atoms with Crippen molar-refractivity contribution in [2.75, 3.05) is 6.54 Å². The molecule has 2 nitrogen and oxygen atoms in total. The fraction of sp³-hybridized carbons (Fsp3) is 0.750. The molecule has 4 N–H and O–H groups in total. The van der Waals surface area contributed by atoms with E-state index in [2.05, 4.69) is 6.08 Å². The van der Waals surface area contributed by atoms with Gasteiger partial charge in [-0.15, -0.1) is 0 Å². The molecule has 1 aliphatic rings. The minimum absolute atomic E-state index is 0.125. The Labute approximate surface area is 62.3 Å². The van der Waals surface area contributed by atoms with Gasteiger partial charge in [0.2, 0.25) is 0 Å².